The summed E-state index contributed by atoms with van der Waals surface area (Å²) in [4.78, 5) is 0.411. The molecule has 1 N–H and O–H groups in total. The molecule has 5 heteroatoms. The van der Waals surface area contributed by atoms with Crippen molar-refractivity contribution in [3.05, 3.63) is 24.3 Å². The number of rotatable bonds is 9. The van der Waals surface area contributed by atoms with Crippen LogP contribution in [0.3, 0.4) is 0 Å². The van der Waals surface area contributed by atoms with Crippen molar-refractivity contribution in [1.82, 2.24) is 0 Å². The Bertz CT molecular complexity index is 474. The fourth-order valence-corrected chi connectivity index (χ4v) is 3.59. The molecule has 19 heavy (non-hydrogen) atoms. The van der Waals surface area contributed by atoms with Gasteiger partial charge in [0.1, 0.15) is 0 Å². The first-order valence-electron chi connectivity index (χ1n) is 6.73. The van der Waals surface area contributed by atoms with E-state index in [1.54, 1.807) is 12.1 Å². The molecule has 0 saturated carbocycles. The molecule has 0 unspecified atom stereocenters. The summed E-state index contributed by atoms with van der Waals surface area (Å²) in [5.41, 5.74) is 0.710. The van der Waals surface area contributed by atoms with Gasteiger partial charge >= 0.3 is 0 Å². The molecule has 0 aliphatic carbocycles. The Balaban J connectivity index is 2.68. The third-order valence-electron chi connectivity index (χ3n) is 2.82. The van der Waals surface area contributed by atoms with Crippen LogP contribution >= 0.6 is 11.6 Å². The summed E-state index contributed by atoms with van der Waals surface area (Å²) in [6.45, 7) is 2.65. The van der Waals surface area contributed by atoms with Crippen molar-refractivity contribution in [2.75, 3.05) is 23.5 Å². The van der Waals surface area contributed by atoms with Gasteiger partial charge in [0.25, 0.3) is 0 Å². The van der Waals surface area contributed by atoms with Crippen LogP contribution in [0.15, 0.2) is 29.2 Å². The van der Waals surface area contributed by atoms with Crippen LogP contribution in [0.1, 0.15) is 32.6 Å². The molecule has 0 fully saturated rings. The van der Waals surface area contributed by atoms with Crippen molar-refractivity contribution >= 4 is 27.1 Å². The maximum absolute atomic E-state index is 12.1. The Morgan fingerprint density at radius 3 is 2.58 bits per heavy atom. The second kappa shape index (κ2) is 8.43. The monoisotopic (exact) mass is 303 g/mol. The number of anilines is 1. The first-order valence-corrected chi connectivity index (χ1v) is 8.92. The first kappa shape index (κ1) is 16.3. The molecule has 1 aromatic rings. The van der Waals surface area contributed by atoms with Gasteiger partial charge < -0.3 is 5.32 Å². The molecule has 0 bridgehead atoms. The molecule has 0 amide bonds. The van der Waals surface area contributed by atoms with Gasteiger partial charge in [0.2, 0.25) is 0 Å². The van der Waals surface area contributed by atoms with Gasteiger partial charge in [-0.1, -0.05) is 25.5 Å². The van der Waals surface area contributed by atoms with Gasteiger partial charge in [0, 0.05) is 12.4 Å². The molecular formula is C14H22ClNO2S. The predicted molar refractivity (Wildman–Crippen MR) is 81.8 cm³/mol. The average Bonchev–Trinajstić information content (AvgIpc) is 2.39. The second-order valence-corrected chi connectivity index (χ2v) is 6.95. The zero-order chi connectivity index (χ0) is 14.1. The highest BCUT2D eigenvalue weighted by molar-refractivity contribution is 7.91. The Morgan fingerprint density at radius 2 is 1.89 bits per heavy atom. The summed E-state index contributed by atoms with van der Waals surface area (Å²) in [6.07, 6.45) is 3.68. The van der Waals surface area contributed by atoms with E-state index in [9.17, 15) is 8.42 Å². The van der Waals surface area contributed by atoms with E-state index in [1.165, 1.54) is 0 Å². The largest absolute Gasteiger partial charge is 0.384 e. The molecule has 0 atom stereocenters. The van der Waals surface area contributed by atoms with Crippen LogP contribution in [0.2, 0.25) is 0 Å². The van der Waals surface area contributed by atoms with E-state index < -0.39 is 9.84 Å². The maximum atomic E-state index is 12.1. The number of halogens is 1. The smallest absolute Gasteiger partial charge is 0.180 e. The second-order valence-electron chi connectivity index (χ2n) is 4.49. The number of nitrogens with one attached hydrogen (secondary N) is 1. The van der Waals surface area contributed by atoms with E-state index in [4.69, 9.17) is 11.6 Å². The Hall–Kier alpha value is -0.740. The lowest BCUT2D eigenvalue weighted by molar-refractivity contribution is 0.595. The summed E-state index contributed by atoms with van der Waals surface area (Å²) in [7, 11) is -3.17. The highest BCUT2D eigenvalue weighted by atomic mass is 35.5. The van der Waals surface area contributed by atoms with Gasteiger partial charge in [-0.25, -0.2) is 8.42 Å². The van der Waals surface area contributed by atoms with Gasteiger partial charge in [-0.3, -0.25) is 0 Å². The topological polar surface area (TPSA) is 46.2 Å². The van der Waals surface area contributed by atoms with Crippen molar-refractivity contribution in [3.8, 4) is 0 Å². The van der Waals surface area contributed by atoms with Crippen molar-refractivity contribution in [3.63, 3.8) is 0 Å². The van der Waals surface area contributed by atoms with Crippen molar-refractivity contribution in [2.24, 2.45) is 0 Å². The fraction of sp³-hybridized carbons (Fsp3) is 0.571. The summed E-state index contributed by atoms with van der Waals surface area (Å²) < 4.78 is 24.3. The van der Waals surface area contributed by atoms with Crippen LogP contribution in [0, 0.1) is 0 Å². The molecule has 0 saturated heterocycles. The van der Waals surface area contributed by atoms with Gasteiger partial charge in [0.15, 0.2) is 9.84 Å². The number of sulfone groups is 1. The van der Waals surface area contributed by atoms with Gasteiger partial charge in [-0.15, -0.1) is 11.6 Å². The van der Waals surface area contributed by atoms with E-state index in [1.807, 2.05) is 19.1 Å². The minimum atomic E-state index is -3.17. The van der Waals surface area contributed by atoms with Gasteiger partial charge in [0.05, 0.1) is 16.3 Å². The van der Waals surface area contributed by atoms with E-state index in [-0.39, 0.29) is 5.75 Å². The third kappa shape index (κ3) is 5.41. The van der Waals surface area contributed by atoms with E-state index in [2.05, 4.69) is 5.32 Å². The summed E-state index contributed by atoms with van der Waals surface area (Å²) >= 11 is 5.62. The molecule has 0 aliphatic rings. The van der Waals surface area contributed by atoms with Crippen LogP contribution in [0.5, 0.6) is 0 Å². The molecule has 0 spiro atoms. The SMILES string of the molecule is CCCS(=O)(=O)c1ccccc1NCCCCCCl. The summed E-state index contributed by atoms with van der Waals surface area (Å²) in [5.74, 6) is 0.874. The quantitative estimate of drug-likeness (QED) is 0.559. The fourth-order valence-electron chi connectivity index (χ4n) is 1.88. The minimum Gasteiger partial charge on any atom is -0.384 e. The first-order chi connectivity index (χ1) is 9.11. The number of hydrogen-bond acceptors (Lipinski definition) is 3. The molecule has 108 valence electrons. The predicted octanol–water partition coefficient (Wildman–Crippen LogP) is 3.69. The van der Waals surface area contributed by atoms with Crippen molar-refractivity contribution < 1.29 is 8.42 Å². The van der Waals surface area contributed by atoms with Crippen LogP contribution in [0.4, 0.5) is 5.69 Å². The Labute approximate surface area is 121 Å². The lowest BCUT2D eigenvalue weighted by atomic mass is 10.2. The van der Waals surface area contributed by atoms with Crippen LogP contribution in [-0.2, 0) is 9.84 Å². The maximum Gasteiger partial charge on any atom is 0.180 e. The lowest BCUT2D eigenvalue weighted by Gasteiger charge is -2.12. The molecule has 0 heterocycles. The van der Waals surface area contributed by atoms with E-state index >= 15 is 0 Å². The molecular weight excluding hydrogens is 282 g/mol. The summed E-state index contributed by atoms with van der Waals surface area (Å²) in [6, 6.07) is 7.11. The number of benzene rings is 1. The average molecular weight is 304 g/mol. The van der Waals surface area contributed by atoms with Crippen LogP contribution in [0.25, 0.3) is 0 Å². The number of hydrogen-bond donors (Lipinski definition) is 1. The zero-order valence-corrected chi connectivity index (χ0v) is 12.9. The molecule has 0 aliphatic heterocycles. The highest BCUT2D eigenvalue weighted by Gasteiger charge is 2.16. The molecule has 1 aromatic carbocycles. The van der Waals surface area contributed by atoms with Crippen LogP contribution < -0.4 is 5.32 Å². The number of alkyl halides is 1. The molecule has 1 rings (SSSR count). The summed E-state index contributed by atoms with van der Waals surface area (Å²) in [5, 5.41) is 3.21. The van der Waals surface area contributed by atoms with Crippen molar-refractivity contribution in [2.45, 2.75) is 37.5 Å². The molecule has 0 radical (unpaired) electrons. The Morgan fingerprint density at radius 1 is 1.16 bits per heavy atom. The molecule has 3 nitrogen and oxygen atoms in total. The standard InChI is InChI=1S/C14H22ClNO2S/c1-2-12-19(17,18)14-9-5-4-8-13(14)16-11-7-3-6-10-15/h4-5,8-9,16H,2-3,6-7,10-12H2,1H3. The van der Waals surface area contributed by atoms with Crippen LogP contribution in [-0.4, -0.2) is 26.6 Å². The third-order valence-corrected chi connectivity index (χ3v) is 5.06. The van der Waals surface area contributed by atoms with Gasteiger partial charge in [-0.2, -0.15) is 0 Å². The number of para-hydroxylation sites is 1. The minimum absolute atomic E-state index is 0.192. The van der Waals surface area contributed by atoms with E-state index in [0.717, 1.165) is 25.8 Å². The zero-order valence-electron chi connectivity index (χ0n) is 11.4. The lowest BCUT2D eigenvalue weighted by Crippen LogP contribution is -2.11. The highest BCUT2D eigenvalue weighted by Crippen LogP contribution is 2.22. The van der Waals surface area contributed by atoms with Crippen molar-refractivity contribution in [1.29, 1.82) is 0 Å². The number of unbranched alkanes of at least 4 members (excludes halogenated alkanes) is 2. The molecule has 0 aromatic heterocycles. The van der Waals surface area contributed by atoms with E-state index in [0.29, 0.717) is 22.9 Å². The van der Waals surface area contributed by atoms with Gasteiger partial charge in [-0.05, 0) is 31.4 Å². The Kier molecular flexibility index (Phi) is 7.24. The normalized spacial score (nSPS) is 11.5.